The molecule has 8 nitrogen and oxygen atoms in total. The molecule has 10 heteroatoms. The number of piperidine rings is 1. The highest BCUT2D eigenvalue weighted by molar-refractivity contribution is 6.32. The first kappa shape index (κ1) is 20.7. The molecule has 0 unspecified atom stereocenters. The number of likely N-dealkylation sites (tertiary alicyclic amines) is 1. The van der Waals surface area contributed by atoms with Gasteiger partial charge < -0.3 is 4.74 Å². The first-order chi connectivity index (χ1) is 16.0. The summed E-state index contributed by atoms with van der Waals surface area (Å²) in [6.07, 6.45) is 9.62. The number of halogens is 2. The molecule has 0 atom stereocenters. The smallest absolute Gasteiger partial charge is 0.250 e. The first-order valence-electron chi connectivity index (χ1n) is 11.0. The van der Waals surface area contributed by atoms with E-state index >= 15 is 0 Å². The number of rotatable bonds is 4. The molecule has 4 aromatic rings. The second kappa shape index (κ2) is 7.86. The number of benzene rings is 1. The average Bonchev–Trinajstić information content (AvgIpc) is 3.44. The number of ether oxygens (including phenoxy) is 1. The molecule has 1 aromatic carbocycles. The summed E-state index contributed by atoms with van der Waals surface area (Å²) in [6, 6.07) is 4.15. The molecule has 0 bridgehead atoms. The summed E-state index contributed by atoms with van der Waals surface area (Å²) in [6.45, 7) is 6.01. The SMILES string of the molecule is CC1(N2CCC(c3cc4c(cnn4-c4cnn(-c5ncc(F)cn5)c4)cc3Cl)CC2)COC1. The lowest BCUT2D eigenvalue weighted by atomic mass is 9.86. The first-order valence-corrected chi connectivity index (χ1v) is 11.4. The van der Waals surface area contributed by atoms with Crippen LogP contribution in [0.25, 0.3) is 22.5 Å². The second-order valence-corrected chi connectivity index (χ2v) is 9.49. The van der Waals surface area contributed by atoms with Crippen LogP contribution in [-0.2, 0) is 4.74 Å². The third-order valence-corrected chi connectivity index (χ3v) is 7.16. The van der Waals surface area contributed by atoms with Crippen LogP contribution in [0, 0.1) is 5.82 Å². The van der Waals surface area contributed by atoms with E-state index in [9.17, 15) is 4.39 Å². The van der Waals surface area contributed by atoms with Crippen molar-refractivity contribution >= 4 is 22.5 Å². The van der Waals surface area contributed by atoms with Crippen molar-refractivity contribution in [3.05, 3.63) is 59.5 Å². The molecule has 5 heterocycles. The van der Waals surface area contributed by atoms with E-state index in [1.54, 1.807) is 18.6 Å². The van der Waals surface area contributed by atoms with Gasteiger partial charge in [-0.25, -0.2) is 23.7 Å². The van der Waals surface area contributed by atoms with Gasteiger partial charge in [0.1, 0.15) is 5.69 Å². The fourth-order valence-electron chi connectivity index (χ4n) is 4.85. The highest BCUT2D eigenvalue weighted by atomic mass is 35.5. The van der Waals surface area contributed by atoms with Gasteiger partial charge in [-0.05, 0) is 56.5 Å². The maximum Gasteiger partial charge on any atom is 0.250 e. The molecular weight excluding hydrogens is 445 g/mol. The predicted octanol–water partition coefficient (Wildman–Crippen LogP) is 3.76. The van der Waals surface area contributed by atoms with Gasteiger partial charge in [0.2, 0.25) is 0 Å². The molecule has 0 spiro atoms. The zero-order chi connectivity index (χ0) is 22.6. The van der Waals surface area contributed by atoms with Crippen LogP contribution in [0.3, 0.4) is 0 Å². The van der Waals surface area contributed by atoms with Crippen molar-refractivity contribution in [2.45, 2.75) is 31.2 Å². The van der Waals surface area contributed by atoms with Gasteiger partial charge in [-0.2, -0.15) is 10.2 Å². The van der Waals surface area contributed by atoms with Crippen molar-refractivity contribution < 1.29 is 9.13 Å². The van der Waals surface area contributed by atoms with Crippen molar-refractivity contribution in [1.29, 1.82) is 0 Å². The van der Waals surface area contributed by atoms with E-state index < -0.39 is 5.82 Å². The van der Waals surface area contributed by atoms with E-state index in [0.29, 0.717) is 11.9 Å². The molecule has 0 saturated carbocycles. The van der Waals surface area contributed by atoms with Gasteiger partial charge >= 0.3 is 0 Å². The molecule has 0 amide bonds. The average molecular weight is 468 g/mol. The maximum atomic E-state index is 13.1. The fourth-order valence-corrected chi connectivity index (χ4v) is 5.17. The molecule has 2 fully saturated rings. The third kappa shape index (κ3) is 3.60. The van der Waals surface area contributed by atoms with Crippen molar-refractivity contribution in [1.82, 2.24) is 34.4 Å². The van der Waals surface area contributed by atoms with Gasteiger partial charge in [0.05, 0.1) is 55.3 Å². The largest absolute Gasteiger partial charge is 0.377 e. The molecule has 6 rings (SSSR count). The van der Waals surface area contributed by atoms with Gasteiger partial charge in [0.15, 0.2) is 5.82 Å². The number of fused-ring (bicyclic) bond motifs is 1. The standard InChI is InChI=1S/C23H23ClFN7O/c1-23(13-33-14-23)30-4-2-15(3-5-30)19-7-21-16(6-20(19)24)8-29-32(21)18-11-28-31(12-18)22-26-9-17(25)10-27-22/h6-12,15H,2-5,13-14H2,1H3. The predicted molar refractivity (Wildman–Crippen MR) is 122 cm³/mol. The molecule has 0 aliphatic carbocycles. The Morgan fingerprint density at radius 2 is 1.82 bits per heavy atom. The fraction of sp³-hybridized carbons (Fsp3) is 0.391. The molecule has 2 aliphatic rings. The monoisotopic (exact) mass is 467 g/mol. The van der Waals surface area contributed by atoms with Crippen LogP contribution in [0.4, 0.5) is 4.39 Å². The molecular formula is C23H23ClFN7O. The van der Waals surface area contributed by atoms with E-state index in [2.05, 4.69) is 38.1 Å². The van der Waals surface area contributed by atoms with E-state index in [4.69, 9.17) is 16.3 Å². The molecule has 170 valence electrons. The quantitative estimate of drug-likeness (QED) is 0.455. The Labute approximate surface area is 194 Å². The molecule has 3 aromatic heterocycles. The lowest BCUT2D eigenvalue weighted by Crippen LogP contribution is -2.61. The van der Waals surface area contributed by atoms with Crippen LogP contribution in [-0.4, -0.2) is 66.3 Å². The molecule has 2 aliphatic heterocycles. The van der Waals surface area contributed by atoms with Crippen LogP contribution in [0.15, 0.2) is 43.1 Å². The van der Waals surface area contributed by atoms with Gasteiger partial charge in [-0.3, -0.25) is 4.90 Å². The van der Waals surface area contributed by atoms with E-state index in [0.717, 1.165) is 78.7 Å². The van der Waals surface area contributed by atoms with Gasteiger partial charge in [-0.1, -0.05) is 11.6 Å². The molecule has 33 heavy (non-hydrogen) atoms. The normalized spacial score (nSPS) is 19.1. The van der Waals surface area contributed by atoms with Crippen molar-refractivity contribution in [3.8, 4) is 11.6 Å². The van der Waals surface area contributed by atoms with Gasteiger partial charge in [0, 0.05) is 10.4 Å². The third-order valence-electron chi connectivity index (χ3n) is 6.84. The summed E-state index contributed by atoms with van der Waals surface area (Å²) in [4.78, 5) is 10.5. The Kier molecular flexibility index (Phi) is 4.93. The lowest BCUT2D eigenvalue weighted by molar-refractivity contribution is -0.136. The molecule has 0 radical (unpaired) electrons. The van der Waals surface area contributed by atoms with E-state index in [1.165, 1.54) is 4.68 Å². The Morgan fingerprint density at radius 3 is 2.52 bits per heavy atom. The minimum atomic E-state index is -0.491. The summed E-state index contributed by atoms with van der Waals surface area (Å²) >= 11 is 6.72. The minimum Gasteiger partial charge on any atom is -0.377 e. The van der Waals surface area contributed by atoms with Crippen LogP contribution in [0.5, 0.6) is 0 Å². The number of nitrogens with zero attached hydrogens (tertiary/aromatic N) is 7. The zero-order valence-electron chi connectivity index (χ0n) is 18.2. The summed E-state index contributed by atoms with van der Waals surface area (Å²) in [5, 5.41) is 10.6. The minimum absolute atomic E-state index is 0.186. The summed E-state index contributed by atoms with van der Waals surface area (Å²) in [5.74, 6) is 0.205. The summed E-state index contributed by atoms with van der Waals surface area (Å²) < 4.78 is 21.9. The second-order valence-electron chi connectivity index (χ2n) is 9.08. The highest BCUT2D eigenvalue weighted by Gasteiger charge is 2.41. The Morgan fingerprint density at radius 1 is 1.06 bits per heavy atom. The van der Waals surface area contributed by atoms with Gasteiger partial charge in [0.25, 0.3) is 5.95 Å². The van der Waals surface area contributed by atoms with Crippen LogP contribution in [0.2, 0.25) is 5.02 Å². The van der Waals surface area contributed by atoms with Crippen LogP contribution < -0.4 is 0 Å². The highest BCUT2D eigenvalue weighted by Crippen LogP contribution is 2.38. The Balaban J connectivity index is 1.29. The number of aromatic nitrogens is 6. The molecule has 0 N–H and O–H groups in total. The maximum absolute atomic E-state index is 13.1. The summed E-state index contributed by atoms with van der Waals surface area (Å²) in [7, 11) is 0. The van der Waals surface area contributed by atoms with Crippen molar-refractivity contribution in [2.75, 3.05) is 26.3 Å². The van der Waals surface area contributed by atoms with Crippen molar-refractivity contribution in [2.24, 2.45) is 0 Å². The van der Waals surface area contributed by atoms with Crippen LogP contribution in [0.1, 0.15) is 31.2 Å². The molecule has 2 saturated heterocycles. The van der Waals surface area contributed by atoms with Crippen molar-refractivity contribution in [3.63, 3.8) is 0 Å². The zero-order valence-corrected chi connectivity index (χ0v) is 18.9. The van der Waals surface area contributed by atoms with E-state index in [-0.39, 0.29) is 5.54 Å². The lowest BCUT2D eigenvalue weighted by Gasteiger charge is -2.50. The Hall–Kier alpha value is -2.88. The topological polar surface area (TPSA) is 73.9 Å². The number of hydrogen-bond acceptors (Lipinski definition) is 6. The van der Waals surface area contributed by atoms with E-state index in [1.807, 2.05) is 10.7 Å². The number of hydrogen-bond donors (Lipinski definition) is 0. The summed E-state index contributed by atoms with van der Waals surface area (Å²) in [5.41, 5.74) is 3.08. The van der Waals surface area contributed by atoms with Gasteiger partial charge in [-0.15, -0.1) is 0 Å². The van der Waals surface area contributed by atoms with Crippen LogP contribution >= 0.6 is 11.6 Å². The Bertz CT molecular complexity index is 1310.